The maximum atomic E-state index is 6.06. The Balaban J connectivity index is 2.03. The zero-order valence-corrected chi connectivity index (χ0v) is 10.4. The number of nitrogens with zero attached hydrogens (tertiary/aromatic N) is 3. The number of hydrogen-bond acceptors (Lipinski definition) is 3. The first-order valence-corrected chi connectivity index (χ1v) is 6.34. The van der Waals surface area contributed by atoms with E-state index in [2.05, 4.69) is 21.7 Å². The summed E-state index contributed by atoms with van der Waals surface area (Å²) in [6, 6.07) is 0. The molecule has 0 N–H and O–H groups in total. The molecule has 0 bridgehead atoms. The fourth-order valence-corrected chi connectivity index (χ4v) is 2.29. The van der Waals surface area contributed by atoms with Gasteiger partial charge >= 0.3 is 0 Å². The Morgan fingerprint density at radius 2 is 2.12 bits per heavy atom. The molecule has 4 nitrogen and oxygen atoms in total. The van der Waals surface area contributed by atoms with Crippen molar-refractivity contribution in [3.05, 3.63) is 11.1 Å². The molecule has 16 heavy (non-hydrogen) atoms. The van der Waals surface area contributed by atoms with Crippen LogP contribution < -0.4 is 0 Å². The Kier molecular flexibility index (Phi) is 4.18. The number of aryl methyl sites for hydroxylation is 1. The van der Waals surface area contributed by atoms with Gasteiger partial charge in [-0.15, -0.1) is 10.2 Å². The zero-order valence-electron chi connectivity index (χ0n) is 9.65. The molecule has 0 atom stereocenters. The molecule has 2 heterocycles. The first kappa shape index (κ1) is 11.9. The van der Waals surface area contributed by atoms with E-state index in [0.717, 1.165) is 51.3 Å². The van der Waals surface area contributed by atoms with Gasteiger partial charge < -0.3 is 9.30 Å². The van der Waals surface area contributed by atoms with Gasteiger partial charge in [0.25, 0.3) is 0 Å². The Hall–Kier alpha value is -0.610. The third-order valence-electron chi connectivity index (χ3n) is 3.04. The SMILES string of the molecule is CCCc1nnc(Cl)n1CC1CCOCC1. The van der Waals surface area contributed by atoms with Gasteiger partial charge in [0.1, 0.15) is 5.82 Å². The van der Waals surface area contributed by atoms with E-state index < -0.39 is 0 Å². The van der Waals surface area contributed by atoms with E-state index in [1.54, 1.807) is 0 Å². The van der Waals surface area contributed by atoms with E-state index in [9.17, 15) is 0 Å². The van der Waals surface area contributed by atoms with E-state index in [0.29, 0.717) is 11.2 Å². The van der Waals surface area contributed by atoms with Crippen molar-refractivity contribution < 1.29 is 4.74 Å². The first-order chi connectivity index (χ1) is 7.81. The van der Waals surface area contributed by atoms with Crippen molar-refractivity contribution in [3.8, 4) is 0 Å². The van der Waals surface area contributed by atoms with Crippen LogP contribution in [0.15, 0.2) is 0 Å². The number of hydrogen-bond donors (Lipinski definition) is 0. The van der Waals surface area contributed by atoms with Crippen LogP contribution in [0.3, 0.4) is 0 Å². The van der Waals surface area contributed by atoms with Crippen LogP contribution in [0.25, 0.3) is 0 Å². The Morgan fingerprint density at radius 3 is 2.81 bits per heavy atom. The summed E-state index contributed by atoms with van der Waals surface area (Å²) in [6.45, 7) is 4.81. The maximum absolute atomic E-state index is 6.06. The monoisotopic (exact) mass is 243 g/mol. The van der Waals surface area contributed by atoms with Crippen LogP contribution in [0.5, 0.6) is 0 Å². The highest BCUT2D eigenvalue weighted by Gasteiger charge is 2.18. The molecule has 0 aromatic carbocycles. The second-order valence-electron chi connectivity index (χ2n) is 4.30. The van der Waals surface area contributed by atoms with Crippen molar-refractivity contribution in [2.24, 2.45) is 5.92 Å². The van der Waals surface area contributed by atoms with Crippen molar-refractivity contribution in [2.75, 3.05) is 13.2 Å². The van der Waals surface area contributed by atoms with Crippen LogP contribution in [0.4, 0.5) is 0 Å². The summed E-state index contributed by atoms with van der Waals surface area (Å²) in [5.74, 6) is 1.66. The summed E-state index contributed by atoms with van der Waals surface area (Å²) < 4.78 is 7.41. The lowest BCUT2D eigenvalue weighted by molar-refractivity contribution is 0.0610. The molecule has 2 rings (SSSR count). The highest BCUT2D eigenvalue weighted by molar-refractivity contribution is 6.28. The minimum absolute atomic E-state index is 0.523. The summed E-state index contributed by atoms with van der Waals surface area (Å²) >= 11 is 6.06. The summed E-state index contributed by atoms with van der Waals surface area (Å²) in [4.78, 5) is 0. The van der Waals surface area contributed by atoms with Gasteiger partial charge in [-0.1, -0.05) is 6.92 Å². The Bertz CT molecular complexity index is 334. The molecular weight excluding hydrogens is 226 g/mol. The summed E-state index contributed by atoms with van der Waals surface area (Å²) in [6.07, 6.45) is 4.24. The largest absolute Gasteiger partial charge is 0.381 e. The Labute approximate surface area is 101 Å². The molecule has 5 heteroatoms. The van der Waals surface area contributed by atoms with E-state index in [4.69, 9.17) is 16.3 Å². The maximum Gasteiger partial charge on any atom is 0.225 e. The van der Waals surface area contributed by atoms with Gasteiger partial charge in [0, 0.05) is 26.2 Å². The van der Waals surface area contributed by atoms with Crippen LogP contribution in [-0.2, 0) is 17.7 Å². The second kappa shape index (κ2) is 5.64. The highest BCUT2D eigenvalue weighted by atomic mass is 35.5. The first-order valence-electron chi connectivity index (χ1n) is 5.96. The molecule has 0 unspecified atom stereocenters. The second-order valence-corrected chi connectivity index (χ2v) is 4.64. The lowest BCUT2D eigenvalue weighted by Crippen LogP contribution is -2.21. The minimum Gasteiger partial charge on any atom is -0.381 e. The summed E-state index contributed by atoms with van der Waals surface area (Å²) in [5.41, 5.74) is 0. The number of rotatable bonds is 4. The predicted octanol–water partition coefficient (Wildman–Crippen LogP) is 2.31. The topological polar surface area (TPSA) is 39.9 Å². The van der Waals surface area contributed by atoms with Gasteiger partial charge in [-0.25, -0.2) is 0 Å². The van der Waals surface area contributed by atoms with Gasteiger partial charge in [0.05, 0.1) is 0 Å². The van der Waals surface area contributed by atoms with E-state index in [1.807, 2.05) is 0 Å². The molecule has 1 aromatic rings. The van der Waals surface area contributed by atoms with Crippen LogP contribution in [0.1, 0.15) is 32.0 Å². The molecular formula is C11H18ClN3O. The normalized spacial score (nSPS) is 17.9. The standard InChI is InChI=1S/C11H18ClN3O/c1-2-3-10-13-14-11(12)15(10)8-9-4-6-16-7-5-9/h9H,2-8H2,1H3. The van der Waals surface area contributed by atoms with E-state index in [-0.39, 0.29) is 0 Å². The molecule has 0 amide bonds. The Morgan fingerprint density at radius 1 is 1.38 bits per heavy atom. The lowest BCUT2D eigenvalue weighted by Gasteiger charge is -2.23. The van der Waals surface area contributed by atoms with E-state index in [1.165, 1.54) is 0 Å². The molecule has 0 aliphatic carbocycles. The van der Waals surface area contributed by atoms with Crippen molar-refractivity contribution in [1.82, 2.24) is 14.8 Å². The van der Waals surface area contributed by atoms with Crippen molar-refractivity contribution in [2.45, 2.75) is 39.2 Å². The smallest absolute Gasteiger partial charge is 0.225 e. The molecule has 0 spiro atoms. The lowest BCUT2D eigenvalue weighted by atomic mass is 10.0. The van der Waals surface area contributed by atoms with Gasteiger partial charge in [0.2, 0.25) is 5.28 Å². The minimum atomic E-state index is 0.523. The van der Waals surface area contributed by atoms with Gasteiger partial charge in [0.15, 0.2) is 0 Å². The number of aromatic nitrogens is 3. The van der Waals surface area contributed by atoms with Crippen molar-refractivity contribution >= 4 is 11.6 Å². The van der Waals surface area contributed by atoms with Crippen LogP contribution in [0, 0.1) is 5.92 Å². The molecule has 1 aliphatic heterocycles. The predicted molar refractivity (Wildman–Crippen MR) is 62.6 cm³/mol. The van der Waals surface area contributed by atoms with E-state index >= 15 is 0 Å². The third-order valence-corrected chi connectivity index (χ3v) is 3.32. The molecule has 1 aromatic heterocycles. The van der Waals surface area contributed by atoms with Gasteiger partial charge in [-0.3, -0.25) is 0 Å². The summed E-state index contributed by atoms with van der Waals surface area (Å²) in [7, 11) is 0. The number of halogens is 1. The highest BCUT2D eigenvalue weighted by Crippen LogP contribution is 2.20. The fourth-order valence-electron chi connectivity index (χ4n) is 2.09. The molecule has 90 valence electrons. The zero-order chi connectivity index (χ0) is 11.4. The average Bonchev–Trinajstić information content (AvgIpc) is 2.64. The summed E-state index contributed by atoms with van der Waals surface area (Å²) in [5, 5.41) is 8.59. The van der Waals surface area contributed by atoms with Gasteiger partial charge in [-0.2, -0.15) is 0 Å². The molecule has 0 saturated carbocycles. The quantitative estimate of drug-likeness (QED) is 0.815. The average molecular weight is 244 g/mol. The molecule has 1 aliphatic rings. The molecule has 1 fully saturated rings. The van der Waals surface area contributed by atoms with Gasteiger partial charge in [-0.05, 0) is 36.8 Å². The van der Waals surface area contributed by atoms with Crippen LogP contribution in [0.2, 0.25) is 5.28 Å². The fraction of sp³-hybridized carbons (Fsp3) is 0.818. The third kappa shape index (κ3) is 2.74. The van der Waals surface area contributed by atoms with Crippen LogP contribution >= 0.6 is 11.6 Å². The number of ether oxygens (including phenoxy) is 1. The van der Waals surface area contributed by atoms with Crippen LogP contribution in [-0.4, -0.2) is 28.0 Å². The van der Waals surface area contributed by atoms with Crippen molar-refractivity contribution in [1.29, 1.82) is 0 Å². The molecule has 1 saturated heterocycles. The van der Waals surface area contributed by atoms with Crippen molar-refractivity contribution in [3.63, 3.8) is 0 Å². The molecule has 0 radical (unpaired) electrons.